The number of benzene rings is 1. The summed E-state index contributed by atoms with van der Waals surface area (Å²) in [6, 6.07) is 8.33. The number of nitrogens with zero attached hydrogens (tertiary/aromatic N) is 3. The number of pyridine rings is 2. The van der Waals surface area contributed by atoms with Crippen LogP contribution in [-0.2, 0) is 57.0 Å². The molecule has 0 spiro atoms. The molecule has 5 rings (SSSR count). The van der Waals surface area contributed by atoms with Gasteiger partial charge in [-0.15, -0.1) is 0 Å². The lowest BCUT2D eigenvalue weighted by Gasteiger charge is -2.31. The topological polar surface area (TPSA) is 251 Å². The second-order valence-corrected chi connectivity index (χ2v) is 14.0. The molecule has 0 fully saturated rings. The number of esters is 3. The zero-order valence-electron chi connectivity index (χ0n) is 32.9. The third-order valence-corrected chi connectivity index (χ3v) is 9.96. The van der Waals surface area contributed by atoms with Crippen LogP contribution in [0.2, 0.25) is 0 Å². The first-order chi connectivity index (χ1) is 28.3. The van der Waals surface area contributed by atoms with Crippen molar-refractivity contribution in [1.82, 2.24) is 30.4 Å². The highest BCUT2D eigenvalue weighted by atomic mass is 16.6. The van der Waals surface area contributed by atoms with E-state index >= 15 is 0 Å². The maximum atomic E-state index is 13.4. The first-order valence-corrected chi connectivity index (χ1v) is 19.3. The summed E-state index contributed by atoms with van der Waals surface area (Å²) in [6.45, 7) is 9.52. The molecule has 0 unspecified atom stereocenters. The minimum atomic E-state index is -1.93. The summed E-state index contributed by atoms with van der Waals surface area (Å²) in [7, 11) is 0. The Hall–Kier alpha value is -6.40. The van der Waals surface area contributed by atoms with Gasteiger partial charge in [0.15, 0.2) is 12.3 Å². The maximum absolute atomic E-state index is 13.4. The summed E-state index contributed by atoms with van der Waals surface area (Å²) >= 11 is 0. The molecule has 18 nitrogen and oxygen atoms in total. The van der Waals surface area contributed by atoms with Crippen LogP contribution in [0.1, 0.15) is 68.6 Å². The lowest BCUT2D eigenvalue weighted by molar-refractivity contribution is -0.172. The van der Waals surface area contributed by atoms with Gasteiger partial charge in [0.25, 0.3) is 5.56 Å². The summed E-state index contributed by atoms with van der Waals surface area (Å²) in [5.41, 5.74) is 6.49. The molecule has 6 N–H and O–H groups in total. The fraction of sp³-hybridized carbons (Fsp3) is 0.415. The van der Waals surface area contributed by atoms with Crippen molar-refractivity contribution in [3.8, 4) is 17.1 Å². The van der Waals surface area contributed by atoms with Crippen LogP contribution in [0.4, 0.5) is 0 Å². The summed E-state index contributed by atoms with van der Waals surface area (Å²) in [5.74, 6) is -2.80. The van der Waals surface area contributed by atoms with E-state index in [1.165, 1.54) is 15.5 Å². The summed E-state index contributed by atoms with van der Waals surface area (Å²) in [6.07, 6.45) is 1.53. The molecule has 1 aromatic carbocycles. The highest BCUT2D eigenvalue weighted by molar-refractivity contribution is 5.88. The molecule has 0 radical (unpaired) electrons. The Morgan fingerprint density at radius 2 is 1.69 bits per heavy atom. The zero-order valence-corrected chi connectivity index (χ0v) is 32.9. The Balaban J connectivity index is 1.08. The van der Waals surface area contributed by atoms with Crippen molar-refractivity contribution in [2.24, 2.45) is 5.73 Å². The molecular formula is C41H49N7O11. The molecule has 0 aliphatic carbocycles. The van der Waals surface area contributed by atoms with Gasteiger partial charge in [-0.1, -0.05) is 20.1 Å². The van der Waals surface area contributed by atoms with Gasteiger partial charge in [-0.3, -0.25) is 28.8 Å². The van der Waals surface area contributed by atoms with Gasteiger partial charge in [0.1, 0.15) is 12.4 Å². The normalized spacial score (nSPS) is 14.9. The predicted octanol–water partition coefficient (Wildman–Crippen LogP) is 1.14. The van der Waals surface area contributed by atoms with Gasteiger partial charge in [0, 0.05) is 67.7 Å². The van der Waals surface area contributed by atoms with Crippen LogP contribution in [0.25, 0.3) is 22.3 Å². The van der Waals surface area contributed by atoms with Gasteiger partial charge in [0.05, 0.1) is 41.9 Å². The van der Waals surface area contributed by atoms with Crippen LogP contribution in [0.15, 0.2) is 60.1 Å². The number of nitrogens with two attached hydrogens (primary N) is 1. The van der Waals surface area contributed by atoms with E-state index in [2.05, 4.69) is 29.1 Å². The van der Waals surface area contributed by atoms with E-state index in [1.807, 2.05) is 6.07 Å². The van der Waals surface area contributed by atoms with Gasteiger partial charge < -0.3 is 50.5 Å². The van der Waals surface area contributed by atoms with E-state index in [0.29, 0.717) is 41.0 Å². The largest absolute Gasteiger partial charge is 0.458 e. The number of hydrogen-bond acceptors (Lipinski definition) is 14. The lowest BCUT2D eigenvalue weighted by atomic mass is 9.86. The van der Waals surface area contributed by atoms with Crippen molar-refractivity contribution < 1.29 is 48.1 Å². The third-order valence-electron chi connectivity index (χ3n) is 9.96. The van der Waals surface area contributed by atoms with Gasteiger partial charge in [-0.25, -0.2) is 9.78 Å². The molecule has 59 heavy (non-hydrogen) atoms. The van der Waals surface area contributed by atoms with E-state index in [1.54, 1.807) is 31.2 Å². The first kappa shape index (κ1) is 43.7. The number of rotatable bonds is 21. The van der Waals surface area contributed by atoms with Crippen molar-refractivity contribution in [2.75, 3.05) is 39.5 Å². The highest BCUT2D eigenvalue weighted by Crippen LogP contribution is 2.39. The van der Waals surface area contributed by atoms with Crippen molar-refractivity contribution >= 4 is 46.5 Å². The molecule has 0 saturated heterocycles. The molecule has 2 aromatic heterocycles. The Labute approximate surface area is 339 Å². The Bertz CT molecular complexity index is 2220. The molecule has 18 heteroatoms. The van der Waals surface area contributed by atoms with Crippen LogP contribution < -0.4 is 32.0 Å². The first-order valence-electron chi connectivity index (χ1n) is 19.3. The fourth-order valence-corrected chi connectivity index (χ4v) is 6.60. The van der Waals surface area contributed by atoms with Crippen molar-refractivity contribution in [1.29, 1.82) is 0 Å². The van der Waals surface area contributed by atoms with E-state index < -0.39 is 35.3 Å². The quantitative estimate of drug-likeness (QED) is 0.0343. The monoisotopic (exact) mass is 815 g/mol. The number of amides is 3. The standard InChI is InChI=1S/C41H49N7O11/c1-4-25(3)45-24-58-36(52)12-10-33(49)43-15-17-47(35(51)7-6-14-42)18-16-44-34(50)11-13-37(53)59-28-8-9-31-26(20-28)19-27-22-48-32(38(27)46-31)21-30-29(39(48)54)23-57-40(55)41(30,56)5-2/h4,8-9,19-21,45,56H,1,3,5-7,10-18,22-24,42H2,2H3,(H,43,49)(H,44,50)/t41-/m0/s1. The maximum Gasteiger partial charge on any atom is 0.343 e. The molecule has 4 heterocycles. The molecule has 0 saturated carbocycles. The molecule has 2 aliphatic heterocycles. The smallest absolute Gasteiger partial charge is 0.343 e. The molecule has 0 bridgehead atoms. The number of allylic oxidation sites excluding steroid dienone is 1. The molecule has 1 atom stereocenters. The number of cyclic esters (lactones) is 1. The number of carbonyl (C=O) groups excluding carboxylic acids is 6. The number of hydrogen-bond donors (Lipinski definition) is 5. The highest BCUT2D eigenvalue weighted by Gasteiger charge is 2.45. The molecule has 2 aliphatic rings. The van der Waals surface area contributed by atoms with Crippen molar-refractivity contribution in [2.45, 2.75) is 70.6 Å². The van der Waals surface area contributed by atoms with Crippen LogP contribution in [0.3, 0.4) is 0 Å². The molecule has 314 valence electrons. The van der Waals surface area contributed by atoms with Crippen LogP contribution >= 0.6 is 0 Å². The van der Waals surface area contributed by atoms with Gasteiger partial charge in [-0.2, -0.15) is 0 Å². The number of aliphatic hydroxyl groups is 1. The van der Waals surface area contributed by atoms with E-state index in [-0.39, 0.29) is 113 Å². The Kier molecular flexibility index (Phi) is 14.7. The lowest BCUT2D eigenvalue weighted by Crippen LogP contribution is -2.44. The second kappa shape index (κ2) is 19.8. The Morgan fingerprint density at radius 1 is 1.00 bits per heavy atom. The van der Waals surface area contributed by atoms with E-state index in [4.69, 9.17) is 24.9 Å². The number of nitrogens with one attached hydrogen (secondary N) is 3. The molecule has 3 aromatic rings. The van der Waals surface area contributed by atoms with E-state index in [9.17, 15) is 38.7 Å². The zero-order chi connectivity index (χ0) is 42.7. The number of fused-ring (bicyclic) bond motifs is 5. The minimum absolute atomic E-state index is 0.0329. The van der Waals surface area contributed by atoms with Gasteiger partial charge >= 0.3 is 17.9 Å². The average Bonchev–Trinajstić information content (AvgIpc) is 3.58. The third kappa shape index (κ3) is 10.8. The summed E-state index contributed by atoms with van der Waals surface area (Å²) in [4.78, 5) is 94.4. The van der Waals surface area contributed by atoms with Crippen LogP contribution in [0.5, 0.6) is 5.75 Å². The Morgan fingerprint density at radius 3 is 2.36 bits per heavy atom. The van der Waals surface area contributed by atoms with Crippen LogP contribution in [0, 0.1) is 0 Å². The summed E-state index contributed by atoms with van der Waals surface area (Å²) < 4.78 is 17.1. The van der Waals surface area contributed by atoms with Crippen molar-refractivity contribution in [3.63, 3.8) is 0 Å². The SMILES string of the molecule is C=CC(=C)NCOC(=O)CCC(=O)NCCN(CCNC(=O)CCC(=O)Oc1ccc2nc3c(cc2c1)Cn1c-3cc2c(c1=O)COC(=O)[C@]2(O)CC)C(=O)CCCN. The predicted molar refractivity (Wildman–Crippen MR) is 213 cm³/mol. The molecular weight excluding hydrogens is 766 g/mol. The average molecular weight is 816 g/mol. The fourth-order valence-electron chi connectivity index (χ4n) is 6.60. The number of carbonyl (C=O) groups is 6. The van der Waals surface area contributed by atoms with Gasteiger partial charge in [0.2, 0.25) is 17.7 Å². The van der Waals surface area contributed by atoms with Crippen LogP contribution in [-0.4, -0.2) is 94.6 Å². The minimum Gasteiger partial charge on any atom is -0.458 e. The number of aromatic nitrogens is 2. The second-order valence-electron chi connectivity index (χ2n) is 14.0. The summed E-state index contributed by atoms with van der Waals surface area (Å²) in [5, 5.41) is 19.8. The number of ether oxygens (including phenoxy) is 3. The molecule has 3 amide bonds. The van der Waals surface area contributed by atoms with Gasteiger partial charge in [-0.05, 0) is 55.8 Å². The van der Waals surface area contributed by atoms with E-state index in [0.717, 1.165) is 5.56 Å². The van der Waals surface area contributed by atoms with Crippen molar-refractivity contribution in [3.05, 3.63) is 82.3 Å².